The standard InChI is InChI=1S/C17H26N2O/c1-13-9-10-17(18-14(2)20)15(11-13)12-19(3)16-7-5-4-6-8-16/h9-11,16H,4-8,12H2,1-3H3,(H,18,20). The quantitative estimate of drug-likeness (QED) is 0.907. The van der Waals surface area contributed by atoms with E-state index in [0.29, 0.717) is 6.04 Å². The van der Waals surface area contributed by atoms with Gasteiger partial charge in [-0.05, 0) is 38.4 Å². The highest BCUT2D eigenvalue weighted by Gasteiger charge is 2.19. The molecule has 0 aliphatic heterocycles. The Morgan fingerprint density at radius 3 is 2.65 bits per heavy atom. The van der Waals surface area contributed by atoms with E-state index in [1.807, 2.05) is 6.07 Å². The Balaban J connectivity index is 2.09. The molecule has 0 bridgehead atoms. The van der Waals surface area contributed by atoms with Gasteiger partial charge in [0.1, 0.15) is 0 Å². The van der Waals surface area contributed by atoms with Crippen molar-refractivity contribution < 1.29 is 4.79 Å². The van der Waals surface area contributed by atoms with Crippen LogP contribution < -0.4 is 5.32 Å². The Morgan fingerprint density at radius 1 is 1.30 bits per heavy atom. The molecule has 1 aromatic rings. The van der Waals surface area contributed by atoms with Crippen LogP contribution in [0.1, 0.15) is 50.2 Å². The van der Waals surface area contributed by atoms with Gasteiger partial charge in [0.05, 0.1) is 0 Å². The highest BCUT2D eigenvalue weighted by molar-refractivity contribution is 5.89. The van der Waals surface area contributed by atoms with Gasteiger partial charge in [0, 0.05) is 25.2 Å². The lowest BCUT2D eigenvalue weighted by Crippen LogP contribution is -2.33. The fraction of sp³-hybridized carbons (Fsp3) is 0.588. The second-order valence-corrected chi connectivity index (χ2v) is 6.05. The molecule has 1 aliphatic carbocycles. The van der Waals surface area contributed by atoms with Gasteiger partial charge in [-0.25, -0.2) is 0 Å². The van der Waals surface area contributed by atoms with Gasteiger partial charge in [-0.15, -0.1) is 0 Å². The number of nitrogens with one attached hydrogen (secondary N) is 1. The van der Waals surface area contributed by atoms with Crippen LogP contribution in [-0.4, -0.2) is 23.9 Å². The molecule has 0 saturated heterocycles. The first-order valence-electron chi connectivity index (χ1n) is 7.63. The second kappa shape index (κ2) is 6.89. The molecule has 2 rings (SSSR count). The van der Waals surface area contributed by atoms with E-state index < -0.39 is 0 Å². The van der Waals surface area contributed by atoms with Gasteiger partial charge in [0.25, 0.3) is 0 Å². The molecule has 0 atom stereocenters. The van der Waals surface area contributed by atoms with Crippen molar-refractivity contribution in [2.24, 2.45) is 0 Å². The third-order valence-corrected chi connectivity index (χ3v) is 4.19. The van der Waals surface area contributed by atoms with Crippen molar-refractivity contribution in [2.45, 2.75) is 58.5 Å². The molecule has 1 aliphatic rings. The summed E-state index contributed by atoms with van der Waals surface area (Å²) in [5.41, 5.74) is 3.41. The van der Waals surface area contributed by atoms with Crippen LogP contribution >= 0.6 is 0 Å². The van der Waals surface area contributed by atoms with Crippen molar-refractivity contribution in [3.05, 3.63) is 29.3 Å². The summed E-state index contributed by atoms with van der Waals surface area (Å²) in [7, 11) is 2.20. The average molecular weight is 274 g/mol. The average Bonchev–Trinajstić information content (AvgIpc) is 2.42. The monoisotopic (exact) mass is 274 g/mol. The summed E-state index contributed by atoms with van der Waals surface area (Å²) in [4.78, 5) is 13.8. The lowest BCUT2D eigenvalue weighted by Gasteiger charge is -2.31. The number of nitrogens with zero attached hydrogens (tertiary/aromatic N) is 1. The number of benzene rings is 1. The Kier molecular flexibility index (Phi) is 5.18. The summed E-state index contributed by atoms with van der Waals surface area (Å²) in [5, 5.41) is 2.94. The van der Waals surface area contributed by atoms with Gasteiger partial charge < -0.3 is 5.32 Å². The van der Waals surface area contributed by atoms with Gasteiger partial charge >= 0.3 is 0 Å². The largest absolute Gasteiger partial charge is 0.326 e. The Hall–Kier alpha value is -1.35. The van der Waals surface area contributed by atoms with Crippen molar-refractivity contribution in [3.8, 4) is 0 Å². The van der Waals surface area contributed by atoms with E-state index in [9.17, 15) is 4.79 Å². The molecule has 20 heavy (non-hydrogen) atoms. The van der Waals surface area contributed by atoms with Crippen LogP contribution in [0.15, 0.2) is 18.2 Å². The molecule has 0 spiro atoms. The fourth-order valence-electron chi connectivity index (χ4n) is 3.08. The van der Waals surface area contributed by atoms with Gasteiger partial charge in [0.2, 0.25) is 5.91 Å². The first-order valence-corrected chi connectivity index (χ1v) is 7.63. The SMILES string of the molecule is CC(=O)Nc1ccc(C)cc1CN(C)C1CCCCC1. The molecule has 1 aromatic carbocycles. The minimum Gasteiger partial charge on any atom is -0.326 e. The Bertz CT molecular complexity index is 464. The van der Waals surface area contributed by atoms with Crippen LogP contribution in [0.4, 0.5) is 5.69 Å². The molecule has 1 amide bonds. The summed E-state index contributed by atoms with van der Waals surface area (Å²) < 4.78 is 0. The van der Waals surface area contributed by atoms with Gasteiger partial charge in [-0.2, -0.15) is 0 Å². The summed E-state index contributed by atoms with van der Waals surface area (Å²) >= 11 is 0. The Morgan fingerprint density at radius 2 is 2.00 bits per heavy atom. The zero-order valence-electron chi connectivity index (χ0n) is 12.9. The fourth-order valence-corrected chi connectivity index (χ4v) is 3.08. The summed E-state index contributed by atoms with van der Waals surface area (Å²) in [6.45, 7) is 4.57. The molecule has 110 valence electrons. The molecular formula is C17H26N2O. The topological polar surface area (TPSA) is 32.3 Å². The number of amides is 1. The molecule has 1 saturated carbocycles. The van der Waals surface area contributed by atoms with Crippen molar-refractivity contribution in [1.29, 1.82) is 0 Å². The molecule has 0 radical (unpaired) electrons. The van der Waals surface area contributed by atoms with Crippen molar-refractivity contribution >= 4 is 11.6 Å². The number of hydrogen-bond acceptors (Lipinski definition) is 2. The lowest BCUT2D eigenvalue weighted by molar-refractivity contribution is -0.114. The van der Waals surface area contributed by atoms with Crippen molar-refractivity contribution in [2.75, 3.05) is 12.4 Å². The predicted octanol–water partition coefficient (Wildman–Crippen LogP) is 3.72. The minimum absolute atomic E-state index is 0.00424. The maximum Gasteiger partial charge on any atom is 0.221 e. The van der Waals surface area contributed by atoms with E-state index in [-0.39, 0.29) is 5.91 Å². The third kappa shape index (κ3) is 4.07. The minimum atomic E-state index is -0.00424. The maximum atomic E-state index is 11.3. The number of aryl methyl sites for hydroxylation is 1. The molecule has 1 N–H and O–H groups in total. The number of hydrogen-bond donors (Lipinski definition) is 1. The van der Waals surface area contributed by atoms with Crippen LogP contribution in [0.25, 0.3) is 0 Å². The van der Waals surface area contributed by atoms with Crippen LogP contribution in [0.5, 0.6) is 0 Å². The van der Waals surface area contributed by atoms with Crippen molar-refractivity contribution in [1.82, 2.24) is 4.90 Å². The molecule has 0 unspecified atom stereocenters. The van der Waals surface area contributed by atoms with E-state index in [1.54, 1.807) is 6.92 Å². The van der Waals surface area contributed by atoms with E-state index in [4.69, 9.17) is 0 Å². The van der Waals surface area contributed by atoms with Crippen LogP contribution in [0.3, 0.4) is 0 Å². The van der Waals surface area contributed by atoms with Gasteiger partial charge in [0.15, 0.2) is 0 Å². The first kappa shape index (κ1) is 15.0. The van der Waals surface area contributed by atoms with Gasteiger partial charge in [-0.3, -0.25) is 9.69 Å². The van der Waals surface area contributed by atoms with E-state index in [2.05, 4.69) is 36.3 Å². The summed E-state index contributed by atoms with van der Waals surface area (Å²) in [5.74, 6) is -0.00424. The zero-order chi connectivity index (χ0) is 14.5. The molecule has 3 nitrogen and oxygen atoms in total. The van der Waals surface area contributed by atoms with Gasteiger partial charge in [-0.1, -0.05) is 37.0 Å². The number of anilines is 1. The third-order valence-electron chi connectivity index (χ3n) is 4.19. The van der Waals surface area contributed by atoms with E-state index in [0.717, 1.165) is 12.2 Å². The van der Waals surface area contributed by atoms with E-state index in [1.165, 1.54) is 43.2 Å². The van der Waals surface area contributed by atoms with Crippen molar-refractivity contribution in [3.63, 3.8) is 0 Å². The predicted molar refractivity (Wildman–Crippen MR) is 83.8 cm³/mol. The second-order valence-electron chi connectivity index (χ2n) is 6.05. The molecular weight excluding hydrogens is 248 g/mol. The summed E-state index contributed by atoms with van der Waals surface area (Å²) in [6.07, 6.45) is 6.68. The zero-order valence-corrected chi connectivity index (χ0v) is 12.9. The first-order chi connectivity index (χ1) is 9.56. The number of carbonyl (C=O) groups is 1. The van der Waals surface area contributed by atoms with Crippen LogP contribution in [0.2, 0.25) is 0 Å². The number of rotatable bonds is 4. The molecule has 3 heteroatoms. The molecule has 0 aromatic heterocycles. The normalized spacial score (nSPS) is 16.4. The van der Waals surface area contributed by atoms with Crippen LogP contribution in [0, 0.1) is 6.92 Å². The molecule has 0 heterocycles. The lowest BCUT2D eigenvalue weighted by atomic mass is 9.94. The number of carbonyl (C=O) groups excluding carboxylic acids is 1. The molecule has 1 fully saturated rings. The highest BCUT2D eigenvalue weighted by atomic mass is 16.1. The summed E-state index contributed by atoms with van der Waals surface area (Å²) in [6, 6.07) is 6.94. The van der Waals surface area contributed by atoms with Crippen LogP contribution in [-0.2, 0) is 11.3 Å². The maximum absolute atomic E-state index is 11.3. The Labute approximate surface area is 122 Å². The highest BCUT2D eigenvalue weighted by Crippen LogP contribution is 2.25. The van der Waals surface area contributed by atoms with E-state index >= 15 is 0 Å². The smallest absolute Gasteiger partial charge is 0.221 e.